The fourth-order valence-corrected chi connectivity index (χ4v) is 4.75. The Morgan fingerprint density at radius 1 is 0.875 bits per heavy atom. The molecule has 1 saturated heterocycles. The molecule has 1 aliphatic rings. The summed E-state index contributed by atoms with van der Waals surface area (Å²) in [5, 5.41) is 1.56. The third-order valence-corrected chi connectivity index (χ3v) is 6.46. The first-order valence-corrected chi connectivity index (χ1v) is 11.3. The first-order chi connectivity index (χ1) is 15.7. The minimum Gasteiger partial charge on any atom is -0.464 e. The van der Waals surface area contributed by atoms with Crippen LogP contribution in [0.5, 0.6) is 0 Å². The average molecular weight is 445 g/mol. The number of hydrogen-bond donors (Lipinski definition) is 0. The van der Waals surface area contributed by atoms with Gasteiger partial charge < -0.3 is 9.32 Å². The molecule has 1 aliphatic heterocycles. The maximum atomic E-state index is 13.0. The molecule has 0 atom stereocenters. The third kappa shape index (κ3) is 4.29. The lowest BCUT2D eigenvalue weighted by Gasteiger charge is -2.39. The van der Waals surface area contributed by atoms with Gasteiger partial charge in [-0.05, 0) is 29.3 Å². The molecule has 4 nitrogen and oxygen atoms in total. The van der Waals surface area contributed by atoms with Crippen LogP contribution in [0.2, 0.25) is 5.02 Å². The number of furan rings is 1. The SMILES string of the molecule is O=C(Cc1coc2ccc(Cl)cc12)N1CCN(C(c2ccccc2)c2ccccc2)CC1. The van der Waals surface area contributed by atoms with Gasteiger partial charge in [0.1, 0.15) is 5.58 Å². The Balaban J connectivity index is 1.29. The fraction of sp³-hybridized carbons (Fsp3) is 0.222. The van der Waals surface area contributed by atoms with Crippen LogP contribution >= 0.6 is 11.6 Å². The highest BCUT2D eigenvalue weighted by molar-refractivity contribution is 6.31. The van der Waals surface area contributed by atoms with Gasteiger partial charge in [0, 0.05) is 42.2 Å². The van der Waals surface area contributed by atoms with Crippen molar-refractivity contribution in [3.05, 3.63) is 107 Å². The van der Waals surface area contributed by atoms with Crippen molar-refractivity contribution in [3.63, 3.8) is 0 Å². The van der Waals surface area contributed by atoms with Crippen LogP contribution in [-0.2, 0) is 11.2 Å². The van der Waals surface area contributed by atoms with Gasteiger partial charge in [-0.1, -0.05) is 72.3 Å². The van der Waals surface area contributed by atoms with Crippen molar-refractivity contribution in [2.75, 3.05) is 26.2 Å². The van der Waals surface area contributed by atoms with Gasteiger partial charge in [0.15, 0.2) is 0 Å². The van der Waals surface area contributed by atoms with E-state index in [1.807, 2.05) is 17.0 Å². The van der Waals surface area contributed by atoms with Crippen molar-refractivity contribution in [3.8, 4) is 0 Å². The first kappa shape index (κ1) is 20.8. The minimum absolute atomic E-state index is 0.128. The number of benzene rings is 3. The standard InChI is InChI=1S/C27H25ClN2O2/c28-23-11-12-25-24(18-23)22(19-32-25)17-26(31)29-13-15-30(16-14-29)27(20-7-3-1-4-8-20)21-9-5-2-6-10-21/h1-12,18-19,27H,13-17H2. The molecule has 5 rings (SSSR count). The van der Waals surface area contributed by atoms with Gasteiger partial charge in [0.05, 0.1) is 18.7 Å². The summed E-state index contributed by atoms with van der Waals surface area (Å²) in [6, 6.07) is 26.9. The number of rotatable bonds is 5. The largest absolute Gasteiger partial charge is 0.464 e. The van der Waals surface area contributed by atoms with Crippen molar-refractivity contribution in [1.29, 1.82) is 0 Å². The van der Waals surface area contributed by atoms with Gasteiger partial charge in [-0.15, -0.1) is 0 Å². The van der Waals surface area contributed by atoms with Crippen LogP contribution in [0.1, 0.15) is 22.7 Å². The normalized spacial score (nSPS) is 14.9. The van der Waals surface area contributed by atoms with Gasteiger partial charge >= 0.3 is 0 Å². The van der Waals surface area contributed by atoms with Crippen LogP contribution in [0.3, 0.4) is 0 Å². The van der Waals surface area contributed by atoms with E-state index in [1.54, 1.807) is 12.3 Å². The second-order valence-electron chi connectivity index (χ2n) is 8.22. The summed E-state index contributed by atoms with van der Waals surface area (Å²) in [5.74, 6) is 0.128. The number of piperazine rings is 1. The average Bonchev–Trinajstić information content (AvgIpc) is 3.23. The van der Waals surface area contributed by atoms with E-state index in [1.165, 1.54) is 11.1 Å². The van der Waals surface area contributed by atoms with Crippen molar-refractivity contribution in [2.24, 2.45) is 0 Å². The summed E-state index contributed by atoms with van der Waals surface area (Å²) in [4.78, 5) is 17.5. The summed E-state index contributed by atoms with van der Waals surface area (Å²) in [6.07, 6.45) is 2.00. The number of carbonyl (C=O) groups is 1. The number of amides is 1. The Labute approximate surface area is 193 Å². The Kier molecular flexibility index (Phi) is 5.97. The molecular weight excluding hydrogens is 420 g/mol. The van der Waals surface area contributed by atoms with Gasteiger partial charge in [0.25, 0.3) is 0 Å². The molecule has 1 amide bonds. The van der Waals surface area contributed by atoms with Crippen LogP contribution in [0.15, 0.2) is 89.5 Å². The predicted molar refractivity (Wildman–Crippen MR) is 128 cm³/mol. The van der Waals surface area contributed by atoms with Crippen LogP contribution in [0, 0.1) is 0 Å². The molecule has 3 aromatic carbocycles. The third-order valence-electron chi connectivity index (χ3n) is 6.22. The van der Waals surface area contributed by atoms with Gasteiger partial charge in [-0.2, -0.15) is 0 Å². The van der Waals surface area contributed by atoms with Crippen molar-refractivity contribution < 1.29 is 9.21 Å². The Hall–Kier alpha value is -3.08. The monoisotopic (exact) mass is 444 g/mol. The molecule has 5 heteroatoms. The Morgan fingerprint density at radius 2 is 1.50 bits per heavy atom. The maximum Gasteiger partial charge on any atom is 0.227 e. The molecule has 0 unspecified atom stereocenters. The van der Waals surface area contributed by atoms with Crippen molar-refractivity contribution >= 4 is 28.5 Å². The van der Waals surface area contributed by atoms with E-state index in [-0.39, 0.29) is 11.9 Å². The molecule has 0 spiro atoms. The molecule has 1 aromatic heterocycles. The molecule has 0 saturated carbocycles. The van der Waals surface area contributed by atoms with E-state index in [0.29, 0.717) is 24.5 Å². The molecule has 1 fully saturated rings. The minimum atomic E-state index is 0.128. The lowest BCUT2D eigenvalue weighted by atomic mass is 9.96. The highest BCUT2D eigenvalue weighted by Crippen LogP contribution is 2.30. The first-order valence-electron chi connectivity index (χ1n) is 11.0. The topological polar surface area (TPSA) is 36.7 Å². The van der Waals surface area contributed by atoms with E-state index in [9.17, 15) is 4.79 Å². The Morgan fingerprint density at radius 3 is 2.12 bits per heavy atom. The highest BCUT2D eigenvalue weighted by Gasteiger charge is 2.28. The van der Waals surface area contributed by atoms with Crippen molar-refractivity contribution in [1.82, 2.24) is 9.80 Å². The fourth-order valence-electron chi connectivity index (χ4n) is 4.58. The lowest BCUT2D eigenvalue weighted by molar-refractivity contribution is -0.132. The highest BCUT2D eigenvalue weighted by atomic mass is 35.5. The number of halogens is 1. The van der Waals surface area contributed by atoms with Crippen LogP contribution < -0.4 is 0 Å². The second-order valence-corrected chi connectivity index (χ2v) is 8.66. The second kappa shape index (κ2) is 9.19. The number of nitrogens with zero attached hydrogens (tertiary/aromatic N) is 2. The van der Waals surface area contributed by atoms with E-state index in [2.05, 4.69) is 65.6 Å². The Bertz CT molecular complexity index is 1160. The summed E-state index contributed by atoms with van der Waals surface area (Å²) in [7, 11) is 0. The van der Waals surface area contributed by atoms with E-state index in [4.69, 9.17) is 16.0 Å². The molecule has 162 valence electrons. The molecule has 4 aromatic rings. The zero-order valence-electron chi connectivity index (χ0n) is 17.8. The zero-order valence-corrected chi connectivity index (χ0v) is 18.5. The molecule has 0 N–H and O–H groups in total. The van der Waals surface area contributed by atoms with Crippen LogP contribution in [-0.4, -0.2) is 41.9 Å². The molecule has 2 heterocycles. The molecule has 32 heavy (non-hydrogen) atoms. The predicted octanol–water partition coefficient (Wildman–Crippen LogP) is 5.56. The summed E-state index contributed by atoms with van der Waals surface area (Å²) >= 11 is 6.14. The maximum absolute atomic E-state index is 13.0. The van der Waals surface area contributed by atoms with E-state index in [0.717, 1.165) is 29.6 Å². The van der Waals surface area contributed by atoms with Gasteiger partial charge in [0.2, 0.25) is 5.91 Å². The lowest BCUT2D eigenvalue weighted by Crippen LogP contribution is -2.50. The number of carbonyl (C=O) groups excluding carboxylic acids is 1. The van der Waals surface area contributed by atoms with Gasteiger partial charge in [-0.3, -0.25) is 9.69 Å². The zero-order chi connectivity index (χ0) is 21.9. The summed E-state index contributed by atoms with van der Waals surface area (Å²) in [6.45, 7) is 3.09. The molecular formula is C27H25ClN2O2. The van der Waals surface area contributed by atoms with E-state index < -0.39 is 0 Å². The molecule has 0 aliphatic carbocycles. The van der Waals surface area contributed by atoms with Gasteiger partial charge in [-0.25, -0.2) is 0 Å². The van der Waals surface area contributed by atoms with Crippen LogP contribution in [0.25, 0.3) is 11.0 Å². The van der Waals surface area contributed by atoms with Crippen molar-refractivity contribution in [2.45, 2.75) is 12.5 Å². The van der Waals surface area contributed by atoms with Crippen LogP contribution in [0.4, 0.5) is 0 Å². The number of fused-ring (bicyclic) bond motifs is 1. The number of hydrogen-bond acceptors (Lipinski definition) is 3. The van der Waals surface area contributed by atoms with E-state index >= 15 is 0 Å². The molecule has 0 bridgehead atoms. The smallest absolute Gasteiger partial charge is 0.227 e. The molecule has 0 radical (unpaired) electrons. The summed E-state index contributed by atoms with van der Waals surface area (Å²) in [5.41, 5.74) is 4.21. The summed E-state index contributed by atoms with van der Waals surface area (Å²) < 4.78 is 5.60. The quantitative estimate of drug-likeness (QED) is 0.404.